The zero-order valence-electron chi connectivity index (χ0n) is 10.4. The molecular weight excluding hydrogens is 250 g/mol. The minimum absolute atomic E-state index is 0.636. The average Bonchev–Trinajstić information content (AvgIpc) is 2.94. The maximum Gasteiger partial charge on any atom is 0.183 e. The molecule has 0 aliphatic heterocycles. The number of anilines is 1. The molecule has 0 saturated carbocycles. The molecule has 1 N–H and O–H groups in total. The van der Waals surface area contributed by atoms with Gasteiger partial charge in [0.1, 0.15) is 0 Å². The number of nitrogens with one attached hydrogen (secondary N) is 1. The summed E-state index contributed by atoms with van der Waals surface area (Å²) in [5.41, 5.74) is 4.10. The number of rotatable bonds is 5. The van der Waals surface area contributed by atoms with Crippen molar-refractivity contribution in [2.45, 2.75) is 27.2 Å². The molecule has 92 valence electrons. The number of aryl methyl sites for hydroxylation is 1. The van der Waals surface area contributed by atoms with Crippen molar-refractivity contribution in [3.05, 3.63) is 16.6 Å². The van der Waals surface area contributed by atoms with Crippen molar-refractivity contribution >= 4 is 27.8 Å². The van der Waals surface area contributed by atoms with Gasteiger partial charge in [0.15, 0.2) is 5.13 Å². The van der Waals surface area contributed by atoms with Gasteiger partial charge < -0.3 is 5.32 Å². The molecule has 0 aliphatic carbocycles. The highest BCUT2D eigenvalue weighted by atomic mass is 32.1. The van der Waals surface area contributed by atoms with E-state index in [2.05, 4.69) is 41.4 Å². The van der Waals surface area contributed by atoms with E-state index in [1.165, 1.54) is 4.88 Å². The van der Waals surface area contributed by atoms with Gasteiger partial charge in [0.05, 0.1) is 21.8 Å². The third-order valence-electron chi connectivity index (χ3n) is 2.37. The predicted molar refractivity (Wildman–Crippen MR) is 75.9 cm³/mol. The molecule has 2 heterocycles. The summed E-state index contributed by atoms with van der Waals surface area (Å²) >= 11 is 3.34. The van der Waals surface area contributed by atoms with Gasteiger partial charge >= 0.3 is 0 Å². The first-order valence-electron chi connectivity index (χ1n) is 5.82. The molecule has 2 aromatic heterocycles. The van der Waals surface area contributed by atoms with Gasteiger partial charge in [0.2, 0.25) is 0 Å². The van der Waals surface area contributed by atoms with Crippen LogP contribution in [-0.2, 0) is 6.42 Å². The molecule has 2 rings (SSSR count). The summed E-state index contributed by atoms with van der Waals surface area (Å²) in [6, 6.07) is 0. The van der Waals surface area contributed by atoms with Gasteiger partial charge in [0.25, 0.3) is 0 Å². The Morgan fingerprint density at radius 3 is 2.88 bits per heavy atom. The SMILES string of the molecule is CCc1ncsc1-c1csc(NCC(C)C)n1. The molecular formula is C12H17N3S2. The van der Waals surface area contributed by atoms with Crippen molar-refractivity contribution in [1.29, 1.82) is 0 Å². The van der Waals surface area contributed by atoms with E-state index in [0.29, 0.717) is 5.92 Å². The Kier molecular flexibility index (Phi) is 4.12. The zero-order chi connectivity index (χ0) is 12.3. The number of aromatic nitrogens is 2. The molecule has 3 nitrogen and oxygen atoms in total. The third-order valence-corrected chi connectivity index (χ3v) is 4.07. The van der Waals surface area contributed by atoms with Crippen molar-refractivity contribution in [3.8, 4) is 10.6 Å². The molecule has 0 fully saturated rings. The van der Waals surface area contributed by atoms with Crippen LogP contribution in [0.5, 0.6) is 0 Å². The molecule has 2 aromatic rings. The lowest BCUT2D eigenvalue weighted by Crippen LogP contribution is -2.07. The summed E-state index contributed by atoms with van der Waals surface area (Å²) in [4.78, 5) is 10.2. The normalized spacial score (nSPS) is 11.1. The predicted octanol–water partition coefficient (Wildman–Crippen LogP) is 3.90. The van der Waals surface area contributed by atoms with E-state index in [0.717, 1.165) is 29.5 Å². The van der Waals surface area contributed by atoms with Crippen molar-refractivity contribution in [2.75, 3.05) is 11.9 Å². The first-order valence-corrected chi connectivity index (χ1v) is 7.58. The van der Waals surface area contributed by atoms with Gasteiger partial charge in [0, 0.05) is 11.9 Å². The summed E-state index contributed by atoms with van der Waals surface area (Å²) in [6.07, 6.45) is 0.963. The summed E-state index contributed by atoms with van der Waals surface area (Å²) < 4.78 is 0. The Hall–Kier alpha value is -0.940. The van der Waals surface area contributed by atoms with Gasteiger partial charge in [-0.2, -0.15) is 0 Å². The Morgan fingerprint density at radius 2 is 2.18 bits per heavy atom. The Morgan fingerprint density at radius 1 is 1.35 bits per heavy atom. The quantitative estimate of drug-likeness (QED) is 0.893. The van der Waals surface area contributed by atoms with Gasteiger partial charge in [-0.3, -0.25) is 0 Å². The zero-order valence-corrected chi connectivity index (χ0v) is 12.0. The van der Waals surface area contributed by atoms with Gasteiger partial charge in [-0.15, -0.1) is 22.7 Å². The number of hydrogen-bond acceptors (Lipinski definition) is 5. The lowest BCUT2D eigenvalue weighted by atomic mass is 10.2. The highest BCUT2D eigenvalue weighted by molar-refractivity contribution is 7.15. The second-order valence-corrected chi connectivity index (χ2v) is 6.01. The fraction of sp³-hybridized carbons (Fsp3) is 0.500. The molecule has 17 heavy (non-hydrogen) atoms. The highest BCUT2D eigenvalue weighted by Gasteiger charge is 2.10. The standard InChI is InChI=1S/C12H17N3S2/c1-4-9-11(17-7-14-9)10-6-16-12(15-10)13-5-8(2)3/h6-8H,4-5H2,1-3H3,(H,13,15). The second-order valence-electron chi connectivity index (χ2n) is 4.29. The Balaban J connectivity index is 2.12. The molecule has 0 saturated heterocycles. The fourth-order valence-corrected chi connectivity index (χ4v) is 3.11. The molecule has 0 atom stereocenters. The number of thiazole rings is 2. The minimum Gasteiger partial charge on any atom is -0.361 e. The molecule has 0 amide bonds. The lowest BCUT2D eigenvalue weighted by molar-refractivity contribution is 0.688. The van der Waals surface area contributed by atoms with Crippen molar-refractivity contribution < 1.29 is 0 Å². The van der Waals surface area contributed by atoms with E-state index in [4.69, 9.17) is 0 Å². The van der Waals surface area contributed by atoms with E-state index in [9.17, 15) is 0 Å². The summed E-state index contributed by atoms with van der Waals surface area (Å²) in [5.74, 6) is 0.636. The van der Waals surface area contributed by atoms with Crippen LogP contribution >= 0.6 is 22.7 Å². The van der Waals surface area contributed by atoms with Crippen LogP contribution in [0.1, 0.15) is 26.5 Å². The van der Waals surface area contributed by atoms with Crippen LogP contribution in [0.4, 0.5) is 5.13 Å². The van der Waals surface area contributed by atoms with Gasteiger partial charge in [-0.1, -0.05) is 20.8 Å². The summed E-state index contributed by atoms with van der Waals surface area (Å²) in [5, 5.41) is 6.47. The molecule has 0 bridgehead atoms. The number of hydrogen-bond donors (Lipinski definition) is 1. The molecule has 5 heteroatoms. The van der Waals surface area contributed by atoms with Gasteiger partial charge in [-0.05, 0) is 12.3 Å². The molecule has 0 unspecified atom stereocenters. The maximum atomic E-state index is 4.61. The average molecular weight is 267 g/mol. The van der Waals surface area contributed by atoms with Crippen LogP contribution in [0.25, 0.3) is 10.6 Å². The van der Waals surface area contributed by atoms with Crippen LogP contribution in [0, 0.1) is 5.92 Å². The topological polar surface area (TPSA) is 37.8 Å². The Labute approximate surface area is 110 Å². The third kappa shape index (κ3) is 3.04. The smallest absolute Gasteiger partial charge is 0.183 e. The van der Waals surface area contributed by atoms with E-state index >= 15 is 0 Å². The lowest BCUT2D eigenvalue weighted by Gasteiger charge is -2.04. The van der Waals surface area contributed by atoms with Crippen LogP contribution in [0.2, 0.25) is 0 Å². The summed E-state index contributed by atoms with van der Waals surface area (Å²) in [7, 11) is 0. The first-order chi connectivity index (χ1) is 8.20. The van der Waals surface area contributed by atoms with Gasteiger partial charge in [-0.25, -0.2) is 9.97 Å². The fourth-order valence-electron chi connectivity index (χ4n) is 1.48. The highest BCUT2D eigenvalue weighted by Crippen LogP contribution is 2.30. The van der Waals surface area contributed by atoms with Crippen molar-refractivity contribution in [2.24, 2.45) is 5.92 Å². The van der Waals surface area contributed by atoms with Crippen LogP contribution in [0.15, 0.2) is 10.9 Å². The molecule has 0 spiro atoms. The van der Waals surface area contributed by atoms with E-state index < -0.39 is 0 Å². The first kappa shape index (κ1) is 12.5. The maximum absolute atomic E-state index is 4.61. The second kappa shape index (κ2) is 5.60. The largest absolute Gasteiger partial charge is 0.361 e. The monoisotopic (exact) mass is 267 g/mol. The van der Waals surface area contributed by atoms with Crippen molar-refractivity contribution in [1.82, 2.24) is 9.97 Å². The van der Waals surface area contributed by atoms with Crippen LogP contribution in [-0.4, -0.2) is 16.5 Å². The minimum atomic E-state index is 0.636. The van der Waals surface area contributed by atoms with Crippen LogP contribution in [0.3, 0.4) is 0 Å². The number of nitrogens with zero attached hydrogens (tertiary/aromatic N) is 2. The molecule has 0 radical (unpaired) electrons. The van der Waals surface area contributed by atoms with Crippen LogP contribution < -0.4 is 5.32 Å². The van der Waals surface area contributed by atoms with E-state index in [1.54, 1.807) is 22.7 Å². The van der Waals surface area contributed by atoms with E-state index in [1.807, 2.05) is 5.51 Å². The molecule has 0 aliphatic rings. The van der Waals surface area contributed by atoms with Crippen molar-refractivity contribution in [3.63, 3.8) is 0 Å². The van der Waals surface area contributed by atoms with E-state index in [-0.39, 0.29) is 0 Å². The Bertz CT molecular complexity index is 474. The molecule has 0 aromatic carbocycles. The summed E-state index contributed by atoms with van der Waals surface area (Å²) in [6.45, 7) is 7.49.